The van der Waals surface area contributed by atoms with Gasteiger partial charge in [0.25, 0.3) is 5.91 Å². The van der Waals surface area contributed by atoms with Crippen LogP contribution in [0.15, 0.2) is 39.8 Å². The van der Waals surface area contributed by atoms with Crippen LogP contribution in [0.25, 0.3) is 11.3 Å². The van der Waals surface area contributed by atoms with Gasteiger partial charge in [-0.1, -0.05) is 11.2 Å². The highest BCUT2D eigenvalue weighted by Gasteiger charge is 2.50. The standard InChI is InChI=1S/C26H28N4O5S/c1-27-25(31)15-11-20(33-2)23(21(12-15)34-3)36(32)29-24-18-14-26(7-8-26)19-6-5-16(30-9-4-10-30)13-17(19)22(18)35-28-24/h5-6,11-13H,4,7-10,14H2,1-3H3,(H,27,31)(H,28,29). The summed E-state index contributed by atoms with van der Waals surface area (Å²) in [6.45, 7) is 2.14. The van der Waals surface area contributed by atoms with Crippen molar-refractivity contribution in [1.82, 2.24) is 10.5 Å². The Hall–Kier alpha value is -3.53. The zero-order valence-corrected chi connectivity index (χ0v) is 21.3. The van der Waals surface area contributed by atoms with Crippen LogP contribution >= 0.6 is 0 Å². The van der Waals surface area contributed by atoms with Crippen LogP contribution in [0, 0.1) is 0 Å². The number of rotatable bonds is 7. The van der Waals surface area contributed by atoms with E-state index in [4.69, 9.17) is 14.0 Å². The first-order chi connectivity index (χ1) is 17.5. The Morgan fingerprint density at radius 1 is 1.14 bits per heavy atom. The number of aromatic nitrogens is 1. The van der Waals surface area contributed by atoms with E-state index in [1.165, 1.54) is 31.9 Å². The minimum Gasteiger partial charge on any atom is -0.495 e. The van der Waals surface area contributed by atoms with E-state index in [2.05, 4.69) is 38.3 Å². The molecule has 1 saturated carbocycles. The Labute approximate surface area is 211 Å². The van der Waals surface area contributed by atoms with Gasteiger partial charge < -0.3 is 24.2 Å². The summed E-state index contributed by atoms with van der Waals surface area (Å²) in [7, 11) is 2.68. The number of hydrogen-bond acceptors (Lipinski definition) is 7. The van der Waals surface area contributed by atoms with Crippen molar-refractivity contribution < 1.29 is 23.0 Å². The molecule has 1 aliphatic heterocycles. The molecule has 3 aromatic rings. The van der Waals surface area contributed by atoms with Crippen LogP contribution in [-0.2, 0) is 22.8 Å². The maximum Gasteiger partial charge on any atom is 0.251 e. The van der Waals surface area contributed by atoms with Gasteiger partial charge in [0.05, 0.1) is 14.2 Å². The normalized spacial score (nSPS) is 17.5. The molecule has 0 radical (unpaired) electrons. The minimum absolute atomic E-state index is 0.0871. The summed E-state index contributed by atoms with van der Waals surface area (Å²) in [5.74, 6) is 1.44. The third-order valence-electron chi connectivity index (χ3n) is 7.52. The molecule has 2 aromatic carbocycles. The molecule has 10 heteroatoms. The third-order valence-corrected chi connectivity index (χ3v) is 8.67. The molecule has 1 spiro atoms. The van der Waals surface area contributed by atoms with E-state index in [1.807, 2.05) is 0 Å². The Bertz CT molecular complexity index is 1370. The van der Waals surface area contributed by atoms with E-state index in [9.17, 15) is 9.00 Å². The first-order valence-electron chi connectivity index (χ1n) is 12.0. The molecule has 2 aliphatic carbocycles. The number of ether oxygens (including phenoxy) is 2. The molecule has 2 fully saturated rings. The van der Waals surface area contributed by atoms with Gasteiger partial charge in [0.2, 0.25) is 0 Å². The van der Waals surface area contributed by atoms with E-state index >= 15 is 0 Å². The number of hydrogen-bond donors (Lipinski definition) is 2. The van der Waals surface area contributed by atoms with Crippen LogP contribution in [0.4, 0.5) is 11.5 Å². The number of anilines is 2. The minimum atomic E-state index is -1.79. The Kier molecular flexibility index (Phi) is 5.44. The number of carbonyl (C=O) groups is 1. The largest absolute Gasteiger partial charge is 0.495 e. The zero-order chi connectivity index (χ0) is 25.0. The van der Waals surface area contributed by atoms with Crippen molar-refractivity contribution in [3.8, 4) is 22.8 Å². The van der Waals surface area contributed by atoms with Gasteiger partial charge in [-0.15, -0.1) is 0 Å². The Morgan fingerprint density at radius 3 is 2.44 bits per heavy atom. The molecule has 188 valence electrons. The van der Waals surface area contributed by atoms with Gasteiger partial charge in [0.1, 0.15) is 16.4 Å². The molecule has 1 saturated heterocycles. The monoisotopic (exact) mass is 508 g/mol. The van der Waals surface area contributed by atoms with Gasteiger partial charge in [0, 0.05) is 47.9 Å². The first-order valence-corrected chi connectivity index (χ1v) is 13.2. The highest BCUT2D eigenvalue weighted by atomic mass is 32.2. The fraction of sp³-hybridized carbons (Fsp3) is 0.385. The van der Waals surface area contributed by atoms with Crippen LogP contribution in [-0.4, -0.2) is 49.6 Å². The first kappa shape index (κ1) is 22.9. The van der Waals surface area contributed by atoms with Crippen molar-refractivity contribution in [3.63, 3.8) is 0 Å². The van der Waals surface area contributed by atoms with Gasteiger partial charge in [-0.3, -0.25) is 9.52 Å². The number of benzene rings is 2. The van der Waals surface area contributed by atoms with Crippen LogP contribution in [0.2, 0.25) is 0 Å². The zero-order valence-electron chi connectivity index (χ0n) is 20.5. The van der Waals surface area contributed by atoms with Gasteiger partial charge in [0.15, 0.2) is 22.6 Å². The topological polar surface area (TPSA) is 106 Å². The second-order valence-electron chi connectivity index (χ2n) is 9.53. The molecule has 2 N–H and O–H groups in total. The molecular weight excluding hydrogens is 480 g/mol. The highest BCUT2D eigenvalue weighted by Crippen LogP contribution is 2.58. The quantitative estimate of drug-likeness (QED) is 0.502. The summed E-state index contributed by atoms with van der Waals surface area (Å²) in [4.78, 5) is 14.8. The number of carbonyl (C=O) groups excluding carboxylic acids is 1. The molecule has 9 nitrogen and oxygen atoms in total. The van der Waals surface area contributed by atoms with Crippen LogP contribution in [0.5, 0.6) is 11.5 Å². The molecule has 0 bridgehead atoms. The lowest BCUT2D eigenvalue weighted by atomic mass is 9.79. The maximum atomic E-state index is 13.6. The molecule has 1 amide bonds. The SMILES string of the molecule is CNC(=O)c1cc(OC)c(S(=O)Nc2noc3c2CC2(CC2)c2ccc(N4CCC4)cc2-3)c(OC)c1. The van der Waals surface area contributed by atoms with Crippen molar-refractivity contribution in [3.05, 3.63) is 47.0 Å². The molecule has 1 atom stereocenters. The smallest absolute Gasteiger partial charge is 0.251 e. The fourth-order valence-electron chi connectivity index (χ4n) is 5.23. The second kappa shape index (κ2) is 8.55. The predicted molar refractivity (Wildman–Crippen MR) is 136 cm³/mol. The maximum absolute atomic E-state index is 13.6. The van der Waals surface area contributed by atoms with Gasteiger partial charge >= 0.3 is 0 Å². The summed E-state index contributed by atoms with van der Waals surface area (Å²) >= 11 is 0. The molecular formula is C26H28N4O5S. The van der Waals surface area contributed by atoms with Crippen molar-refractivity contribution in [2.75, 3.05) is 44.0 Å². The molecule has 2 heterocycles. The van der Waals surface area contributed by atoms with Crippen LogP contribution in [0.1, 0.15) is 40.7 Å². The summed E-state index contributed by atoms with van der Waals surface area (Å²) in [6.07, 6.45) is 4.22. The molecule has 36 heavy (non-hydrogen) atoms. The molecule has 6 rings (SSSR count). The summed E-state index contributed by atoms with van der Waals surface area (Å²) < 4.78 is 33.4. The third kappa shape index (κ3) is 3.54. The molecule has 3 aliphatic rings. The van der Waals surface area contributed by atoms with Crippen molar-refractivity contribution >= 4 is 28.4 Å². The van der Waals surface area contributed by atoms with E-state index in [0.29, 0.717) is 16.3 Å². The van der Waals surface area contributed by atoms with Crippen molar-refractivity contribution in [1.29, 1.82) is 0 Å². The van der Waals surface area contributed by atoms with Crippen molar-refractivity contribution in [2.24, 2.45) is 0 Å². The average molecular weight is 509 g/mol. The fourth-order valence-corrected chi connectivity index (χ4v) is 6.31. The summed E-state index contributed by atoms with van der Waals surface area (Å²) in [6, 6.07) is 9.76. The molecule has 1 aromatic heterocycles. The highest BCUT2D eigenvalue weighted by molar-refractivity contribution is 7.86. The number of methoxy groups -OCH3 is 2. The van der Waals surface area contributed by atoms with Crippen LogP contribution in [0.3, 0.4) is 0 Å². The lowest BCUT2D eigenvalue weighted by molar-refractivity contribution is 0.0962. The van der Waals surface area contributed by atoms with Gasteiger partial charge in [-0.25, -0.2) is 4.21 Å². The van der Waals surface area contributed by atoms with E-state index < -0.39 is 11.0 Å². The van der Waals surface area contributed by atoms with E-state index in [1.54, 1.807) is 19.2 Å². The number of nitrogens with one attached hydrogen (secondary N) is 2. The Morgan fingerprint density at radius 2 is 1.86 bits per heavy atom. The number of amides is 1. The Balaban J connectivity index is 1.36. The number of fused-ring (bicyclic) bond motifs is 4. The van der Waals surface area contributed by atoms with E-state index in [-0.39, 0.29) is 22.8 Å². The lowest BCUT2D eigenvalue weighted by Gasteiger charge is -2.34. The summed E-state index contributed by atoms with van der Waals surface area (Å²) in [5, 5.41) is 6.87. The average Bonchev–Trinajstić information content (AvgIpc) is 3.53. The lowest BCUT2D eigenvalue weighted by Crippen LogP contribution is -2.37. The van der Waals surface area contributed by atoms with Gasteiger partial charge in [-0.2, -0.15) is 0 Å². The van der Waals surface area contributed by atoms with Crippen molar-refractivity contribution in [2.45, 2.75) is 36.0 Å². The second-order valence-corrected chi connectivity index (χ2v) is 10.7. The summed E-state index contributed by atoms with van der Waals surface area (Å²) in [5.41, 5.74) is 4.96. The predicted octanol–water partition coefficient (Wildman–Crippen LogP) is 3.65. The number of nitrogens with zero attached hydrogens (tertiary/aromatic N) is 2. The van der Waals surface area contributed by atoms with Gasteiger partial charge in [-0.05, 0) is 55.5 Å². The van der Waals surface area contributed by atoms with E-state index in [0.717, 1.165) is 49.2 Å². The molecule has 1 unspecified atom stereocenters. The van der Waals surface area contributed by atoms with Crippen LogP contribution < -0.4 is 24.4 Å².